The van der Waals surface area contributed by atoms with Crippen LogP contribution in [0.1, 0.15) is 23.1 Å². The molecule has 116 valence electrons. The third-order valence-electron chi connectivity index (χ3n) is 3.74. The van der Waals surface area contributed by atoms with E-state index in [1.54, 1.807) is 23.4 Å². The van der Waals surface area contributed by atoms with E-state index in [4.69, 9.17) is 9.15 Å². The van der Waals surface area contributed by atoms with Crippen molar-refractivity contribution in [1.82, 2.24) is 9.88 Å². The molecule has 2 amide bonds. The van der Waals surface area contributed by atoms with Crippen LogP contribution in [0, 0.1) is 13.8 Å². The third-order valence-corrected chi connectivity index (χ3v) is 3.74. The van der Waals surface area contributed by atoms with Crippen LogP contribution in [0.5, 0.6) is 0 Å². The molecule has 1 saturated heterocycles. The molecular formula is C16H19N3O3. The van der Waals surface area contributed by atoms with Gasteiger partial charge in [-0.05, 0) is 37.6 Å². The van der Waals surface area contributed by atoms with Crippen molar-refractivity contribution in [2.24, 2.45) is 0 Å². The number of aromatic nitrogens is 1. The lowest BCUT2D eigenvalue weighted by Crippen LogP contribution is -2.45. The molecule has 0 saturated carbocycles. The van der Waals surface area contributed by atoms with Gasteiger partial charge in [0.15, 0.2) is 0 Å². The predicted molar refractivity (Wildman–Crippen MR) is 81.7 cm³/mol. The number of hydrogen-bond acceptors (Lipinski definition) is 4. The molecule has 1 N–H and O–H groups in total. The quantitative estimate of drug-likeness (QED) is 0.926. The van der Waals surface area contributed by atoms with Gasteiger partial charge in [0.05, 0.1) is 13.2 Å². The molecule has 3 heterocycles. The van der Waals surface area contributed by atoms with E-state index in [2.05, 4.69) is 10.3 Å². The van der Waals surface area contributed by atoms with Crippen LogP contribution in [0.15, 0.2) is 35.0 Å². The zero-order valence-corrected chi connectivity index (χ0v) is 12.7. The Morgan fingerprint density at radius 1 is 1.36 bits per heavy atom. The Labute approximate surface area is 129 Å². The molecule has 0 aromatic carbocycles. The maximum absolute atomic E-state index is 12.6. The second-order valence-electron chi connectivity index (χ2n) is 5.35. The molecule has 1 aliphatic heterocycles. The van der Waals surface area contributed by atoms with Crippen molar-refractivity contribution in [3.63, 3.8) is 0 Å². The number of hydrogen-bond donors (Lipinski definition) is 1. The van der Waals surface area contributed by atoms with Gasteiger partial charge in [-0.25, -0.2) is 4.79 Å². The van der Waals surface area contributed by atoms with Crippen molar-refractivity contribution in [3.8, 4) is 0 Å². The summed E-state index contributed by atoms with van der Waals surface area (Å²) < 4.78 is 11.2. The molecule has 1 atom stereocenters. The molecule has 2 aromatic heterocycles. The van der Waals surface area contributed by atoms with E-state index in [0.717, 1.165) is 22.8 Å². The molecule has 3 rings (SSSR count). The largest absolute Gasteiger partial charge is 0.464 e. The number of aryl methyl sites for hydroxylation is 2. The molecule has 6 heteroatoms. The first-order valence-electron chi connectivity index (χ1n) is 7.27. The minimum absolute atomic E-state index is 0.156. The van der Waals surface area contributed by atoms with E-state index < -0.39 is 0 Å². The highest BCUT2D eigenvalue weighted by atomic mass is 16.5. The third kappa shape index (κ3) is 2.96. The summed E-state index contributed by atoms with van der Waals surface area (Å²) in [6.07, 6.45) is 3.39. The van der Waals surface area contributed by atoms with E-state index >= 15 is 0 Å². The van der Waals surface area contributed by atoms with Crippen LogP contribution in [-0.2, 0) is 4.74 Å². The molecule has 0 bridgehead atoms. The van der Waals surface area contributed by atoms with Crippen molar-refractivity contribution in [2.45, 2.75) is 19.9 Å². The Bertz CT molecular complexity index is 668. The number of anilines is 1. The van der Waals surface area contributed by atoms with Gasteiger partial charge in [0.2, 0.25) is 0 Å². The second-order valence-corrected chi connectivity index (χ2v) is 5.35. The molecule has 0 spiro atoms. The smallest absolute Gasteiger partial charge is 0.322 e. The monoisotopic (exact) mass is 301 g/mol. The number of nitrogens with one attached hydrogen (secondary N) is 1. The minimum atomic E-state index is -0.204. The number of carbonyl (C=O) groups excluding carboxylic acids is 1. The lowest BCUT2D eigenvalue weighted by molar-refractivity contribution is 0.00710. The highest BCUT2D eigenvalue weighted by Crippen LogP contribution is 2.26. The SMILES string of the molecule is Cc1ccc([C@@H]2COCCN2C(=O)Nc2ccncc2C)o1. The Morgan fingerprint density at radius 3 is 2.95 bits per heavy atom. The van der Waals surface area contributed by atoms with E-state index in [-0.39, 0.29) is 12.1 Å². The number of morpholine rings is 1. The lowest BCUT2D eigenvalue weighted by Gasteiger charge is -2.34. The number of nitrogens with zero attached hydrogens (tertiary/aromatic N) is 2. The molecule has 1 fully saturated rings. The van der Waals surface area contributed by atoms with E-state index in [1.165, 1.54) is 0 Å². The Hall–Kier alpha value is -2.34. The van der Waals surface area contributed by atoms with Gasteiger partial charge in [-0.2, -0.15) is 0 Å². The summed E-state index contributed by atoms with van der Waals surface area (Å²) in [7, 11) is 0. The zero-order chi connectivity index (χ0) is 15.5. The van der Waals surface area contributed by atoms with Gasteiger partial charge in [0, 0.05) is 24.6 Å². The van der Waals surface area contributed by atoms with Crippen molar-refractivity contribution in [2.75, 3.05) is 25.1 Å². The summed E-state index contributed by atoms with van der Waals surface area (Å²) in [5, 5.41) is 2.94. The zero-order valence-electron chi connectivity index (χ0n) is 12.7. The summed E-state index contributed by atoms with van der Waals surface area (Å²) in [4.78, 5) is 18.4. The van der Waals surface area contributed by atoms with Crippen LogP contribution in [0.3, 0.4) is 0 Å². The van der Waals surface area contributed by atoms with Gasteiger partial charge >= 0.3 is 6.03 Å². The fourth-order valence-electron chi connectivity index (χ4n) is 2.52. The molecule has 0 unspecified atom stereocenters. The van der Waals surface area contributed by atoms with Crippen molar-refractivity contribution in [1.29, 1.82) is 0 Å². The Morgan fingerprint density at radius 2 is 2.23 bits per heavy atom. The van der Waals surface area contributed by atoms with Gasteiger partial charge in [-0.1, -0.05) is 0 Å². The van der Waals surface area contributed by atoms with Crippen LogP contribution in [0.4, 0.5) is 10.5 Å². The van der Waals surface area contributed by atoms with Crippen molar-refractivity contribution in [3.05, 3.63) is 47.7 Å². The van der Waals surface area contributed by atoms with Crippen molar-refractivity contribution >= 4 is 11.7 Å². The molecule has 2 aromatic rings. The number of rotatable bonds is 2. The maximum atomic E-state index is 12.6. The minimum Gasteiger partial charge on any atom is -0.464 e. The van der Waals surface area contributed by atoms with Crippen molar-refractivity contribution < 1.29 is 13.9 Å². The maximum Gasteiger partial charge on any atom is 0.322 e. The number of carbonyl (C=O) groups is 1. The number of pyridine rings is 1. The fourth-order valence-corrected chi connectivity index (χ4v) is 2.52. The Kier molecular flexibility index (Phi) is 4.11. The first-order chi connectivity index (χ1) is 10.6. The Balaban J connectivity index is 1.78. The fraction of sp³-hybridized carbons (Fsp3) is 0.375. The van der Waals surface area contributed by atoms with Crippen LogP contribution < -0.4 is 5.32 Å². The molecule has 6 nitrogen and oxygen atoms in total. The van der Waals surface area contributed by atoms with Crippen LogP contribution in [-0.4, -0.2) is 35.7 Å². The predicted octanol–water partition coefficient (Wildman–Crippen LogP) is 2.90. The van der Waals surface area contributed by atoms with Crippen LogP contribution in [0.2, 0.25) is 0 Å². The average Bonchev–Trinajstić information content (AvgIpc) is 2.96. The topological polar surface area (TPSA) is 67.6 Å². The number of furan rings is 1. The molecule has 22 heavy (non-hydrogen) atoms. The summed E-state index contributed by atoms with van der Waals surface area (Å²) in [5.74, 6) is 1.57. The first-order valence-corrected chi connectivity index (χ1v) is 7.27. The summed E-state index contributed by atoms with van der Waals surface area (Å²) >= 11 is 0. The highest BCUT2D eigenvalue weighted by molar-refractivity contribution is 5.90. The highest BCUT2D eigenvalue weighted by Gasteiger charge is 2.31. The summed E-state index contributed by atoms with van der Waals surface area (Å²) in [6, 6.07) is 5.22. The van der Waals surface area contributed by atoms with Gasteiger partial charge in [-0.15, -0.1) is 0 Å². The molecule has 0 radical (unpaired) electrons. The molecule has 0 aliphatic carbocycles. The van der Waals surface area contributed by atoms with Gasteiger partial charge in [-0.3, -0.25) is 4.98 Å². The van der Waals surface area contributed by atoms with Gasteiger partial charge in [0.1, 0.15) is 17.6 Å². The van der Waals surface area contributed by atoms with Gasteiger partial charge in [0.25, 0.3) is 0 Å². The van der Waals surface area contributed by atoms with Crippen LogP contribution in [0.25, 0.3) is 0 Å². The van der Waals surface area contributed by atoms with Gasteiger partial charge < -0.3 is 19.4 Å². The lowest BCUT2D eigenvalue weighted by atomic mass is 10.2. The first kappa shape index (κ1) is 14.6. The standard InChI is InChI=1S/C16H19N3O3/c1-11-9-17-6-5-13(11)18-16(20)19-7-8-21-10-14(19)15-4-3-12(2)22-15/h3-6,9,14H,7-8,10H2,1-2H3,(H,17,18,20)/t14-/m0/s1. The number of amides is 2. The van der Waals surface area contributed by atoms with E-state index in [0.29, 0.717) is 19.8 Å². The van der Waals surface area contributed by atoms with Crippen LogP contribution >= 0.6 is 0 Å². The summed E-state index contributed by atoms with van der Waals surface area (Å²) in [5.41, 5.74) is 1.69. The normalized spacial score (nSPS) is 18.3. The summed E-state index contributed by atoms with van der Waals surface area (Å²) in [6.45, 7) is 5.29. The van der Waals surface area contributed by atoms with E-state index in [1.807, 2.05) is 26.0 Å². The number of ether oxygens (including phenoxy) is 1. The molecule has 1 aliphatic rings. The molecular weight excluding hydrogens is 282 g/mol. The number of urea groups is 1. The average molecular weight is 301 g/mol. The van der Waals surface area contributed by atoms with E-state index in [9.17, 15) is 4.79 Å². The second kappa shape index (κ2) is 6.19.